The van der Waals surface area contributed by atoms with Gasteiger partial charge in [0.1, 0.15) is 11.5 Å². The van der Waals surface area contributed by atoms with E-state index in [-0.39, 0.29) is 23.7 Å². The van der Waals surface area contributed by atoms with Crippen LogP contribution in [0.25, 0.3) is 0 Å². The molecule has 0 unspecified atom stereocenters. The van der Waals surface area contributed by atoms with E-state index in [0.29, 0.717) is 12.0 Å². The number of hydrogen-bond acceptors (Lipinski definition) is 5. The molecular weight excluding hydrogens is 411 g/mol. The van der Waals surface area contributed by atoms with Crippen LogP contribution in [0.1, 0.15) is 21.6 Å². The van der Waals surface area contributed by atoms with Crippen LogP contribution in [0.15, 0.2) is 70.4 Å². The van der Waals surface area contributed by atoms with Crippen molar-refractivity contribution in [3.05, 3.63) is 93.7 Å². The molecular formula is C20H19FN4O4S. The average Bonchev–Trinajstić information content (AvgIpc) is 2.69. The Labute approximate surface area is 172 Å². The number of hydrogen-bond donors (Lipinski definition) is 2. The Morgan fingerprint density at radius 3 is 2.47 bits per heavy atom. The lowest BCUT2D eigenvalue weighted by molar-refractivity contribution is 0.0946. The third-order valence-electron chi connectivity index (χ3n) is 4.27. The molecule has 0 spiro atoms. The molecule has 3 aromatic rings. The summed E-state index contributed by atoms with van der Waals surface area (Å²) in [7, 11) is -3.75. The Bertz CT molecular complexity index is 1220. The van der Waals surface area contributed by atoms with Crippen LogP contribution >= 0.6 is 0 Å². The summed E-state index contributed by atoms with van der Waals surface area (Å²) in [5.41, 5.74) is 0.998. The molecule has 0 aliphatic heterocycles. The van der Waals surface area contributed by atoms with E-state index in [0.717, 1.165) is 10.2 Å². The van der Waals surface area contributed by atoms with Gasteiger partial charge in [0, 0.05) is 12.6 Å². The molecule has 2 aromatic carbocycles. The molecule has 0 saturated carbocycles. The van der Waals surface area contributed by atoms with Crippen molar-refractivity contribution >= 4 is 15.9 Å². The van der Waals surface area contributed by atoms with Crippen LogP contribution in [0, 0.1) is 5.82 Å². The molecule has 0 aliphatic carbocycles. The molecule has 3 N–H and O–H groups in total. The predicted octanol–water partition coefficient (Wildman–Crippen LogP) is 1.05. The standard InChI is InChI=1S/C20H19FN4O4S/c21-16-3-1-2-15(12-16)13-25-19(26)9-8-18(24-25)20(27)23-11-10-14-4-6-17(7-5-14)30(22,28)29/h1-9,12H,10-11,13H2,(H,23,27)(H2,22,28,29). The van der Waals surface area contributed by atoms with Crippen molar-refractivity contribution in [1.82, 2.24) is 15.1 Å². The molecule has 1 amide bonds. The third kappa shape index (κ3) is 5.58. The number of sulfonamides is 1. The van der Waals surface area contributed by atoms with Crippen LogP contribution in [-0.2, 0) is 23.0 Å². The number of primary sulfonamides is 1. The number of nitrogens with zero attached hydrogens (tertiary/aromatic N) is 2. The lowest BCUT2D eigenvalue weighted by Crippen LogP contribution is -2.31. The SMILES string of the molecule is NS(=O)(=O)c1ccc(CCNC(=O)c2ccc(=O)n(Cc3cccc(F)c3)n2)cc1. The first-order valence-electron chi connectivity index (χ1n) is 8.95. The summed E-state index contributed by atoms with van der Waals surface area (Å²) in [6, 6.07) is 14.4. The molecule has 0 bridgehead atoms. The smallest absolute Gasteiger partial charge is 0.271 e. The molecule has 1 aromatic heterocycles. The van der Waals surface area contributed by atoms with Crippen LogP contribution in [0.3, 0.4) is 0 Å². The fraction of sp³-hybridized carbons (Fsp3) is 0.150. The summed E-state index contributed by atoms with van der Waals surface area (Å²) in [5, 5.41) is 11.8. The Kier molecular flexibility index (Phi) is 6.38. The average molecular weight is 430 g/mol. The Morgan fingerprint density at radius 2 is 1.80 bits per heavy atom. The first-order chi connectivity index (χ1) is 14.2. The predicted molar refractivity (Wildman–Crippen MR) is 108 cm³/mol. The van der Waals surface area contributed by atoms with Gasteiger partial charge in [-0.1, -0.05) is 24.3 Å². The zero-order valence-corrected chi connectivity index (χ0v) is 16.6. The quantitative estimate of drug-likeness (QED) is 0.580. The molecule has 8 nitrogen and oxygen atoms in total. The molecule has 0 fully saturated rings. The number of nitrogens with two attached hydrogens (primary N) is 1. The summed E-state index contributed by atoms with van der Waals surface area (Å²) >= 11 is 0. The second-order valence-electron chi connectivity index (χ2n) is 6.54. The second kappa shape index (κ2) is 8.97. The van der Waals surface area contributed by atoms with E-state index in [1.165, 1.54) is 42.5 Å². The zero-order valence-electron chi connectivity index (χ0n) is 15.8. The van der Waals surface area contributed by atoms with E-state index in [1.54, 1.807) is 18.2 Å². The number of nitrogens with one attached hydrogen (secondary N) is 1. The van der Waals surface area contributed by atoms with E-state index in [4.69, 9.17) is 5.14 Å². The third-order valence-corrected chi connectivity index (χ3v) is 5.20. The fourth-order valence-corrected chi connectivity index (χ4v) is 3.26. The number of halogens is 1. The lowest BCUT2D eigenvalue weighted by atomic mass is 10.1. The van der Waals surface area contributed by atoms with Gasteiger partial charge >= 0.3 is 0 Å². The van der Waals surface area contributed by atoms with Gasteiger partial charge in [0.15, 0.2) is 0 Å². The normalized spacial score (nSPS) is 11.3. The van der Waals surface area contributed by atoms with Crippen molar-refractivity contribution in [3.8, 4) is 0 Å². The summed E-state index contributed by atoms with van der Waals surface area (Å²) in [4.78, 5) is 24.4. The minimum absolute atomic E-state index is 0.0139. The van der Waals surface area contributed by atoms with Gasteiger partial charge in [-0.15, -0.1) is 0 Å². The van der Waals surface area contributed by atoms with E-state index in [2.05, 4.69) is 10.4 Å². The highest BCUT2D eigenvalue weighted by molar-refractivity contribution is 7.89. The summed E-state index contributed by atoms with van der Waals surface area (Å²) < 4.78 is 36.9. The van der Waals surface area contributed by atoms with Gasteiger partial charge in [-0.2, -0.15) is 5.10 Å². The van der Waals surface area contributed by atoms with Gasteiger partial charge in [0.25, 0.3) is 11.5 Å². The number of aromatic nitrogens is 2. The highest BCUT2D eigenvalue weighted by Crippen LogP contribution is 2.09. The summed E-state index contributed by atoms with van der Waals surface area (Å²) in [5.74, 6) is -0.893. The van der Waals surface area contributed by atoms with Crippen LogP contribution in [0.5, 0.6) is 0 Å². The van der Waals surface area contributed by atoms with Crippen LogP contribution in [-0.4, -0.2) is 30.7 Å². The minimum atomic E-state index is -3.75. The van der Waals surface area contributed by atoms with Crippen LogP contribution in [0.4, 0.5) is 4.39 Å². The molecule has 0 radical (unpaired) electrons. The Balaban J connectivity index is 1.62. The zero-order chi connectivity index (χ0) is 21.7. The van der Waals surface area contributed by atoms with E-state index < -0.39 is 27.3 Å². The van der Waals surface area contributed by atoms with E-state index in [1.807, 2.05) is 0 Å². The molecule has 0 aliphatic rings. The van der Waals surface area contributed by atoms with Crippen molar-refractivity contribution in [3.63, 3.8) is 0 Å². The maximum atomic E-state index is 13.3. The van der Waals surface area contributed by atoms with Crippen molar-refractivity contribution in [2.24, 2.45) is 5.14 Å². The number of amides is 1. The fourth-order valence-electron chi connectivity index (χ4n) is 2.75. The monoisotopic (exact) mass is 430 g/mol. The van der Waals surface area contributed by atoms with Crippen molar-refractivity contribution in [1.29, 1.82) is 0 Å². The molecule has 156 valence electrons. The number of benzene rings is 2. The number of carbonyl (C=O) groups is 1. The molecule has 3 rings (SSSR count). The highest BCUT2D eigenvalue weighted by Gasteiger charge is 2.11. The molecule has 30 heavy (non-hydrogen) atoms. The first-order valence-corrected chi connectivity index (χ1v) is 10.5. The molecule has 10 heteroatoms. The summed E-state index contributed by atoms with van der Waals surface area (Å²) in [6.45, 7) is 0.312. The van der Waals surface area contributed by atoms with Crippen molar-refractivity contribution in [2.45, 2.75) is 17.9 Å². The van der Waals surface area contributed by atoms with Gasteiger partial charge in [-0.25, -0.2) is 22.6 Å². The topological polar surface area (TPSA) is 124 Å². The van der Waals surface area contributed by atoms with Crippen molar-refractivity contribution < 1.29 is 17.6 Å². The van der Waals surface area contributed by atoms with Gasteiger partial charge in [0.2, 0.25) is 10.0 Å². The second-order valence-corrected chi connectivity index (χ2v) is 8.10. The van der Waals surface area contributed by atoms with Gasteiger partial charge in [-0.3, -0.25) is 9.59 Å². The number of carbonyl (C=O) groups excluding carboxylic acids is 1. The Hall–Kier alpha value is -3.37. The molecule has 0 atom stereocenters. The minimum Gasteiger partial charge on any atom is -0.350 e. The Morgan fingerprint density at radius 1 is 1.07 bits per heavy atom. The maximum absolute atomic E-state index is 13.3. The molecule has 1 heterocycles. The van der Waals surface area contributed by atoms with E-state index >= 15 is 0 Å². The largest absolute Gasteiger partial charge is 0.350 e. The van der Waals surface area contributed by atoms with Crippen molar-refractivity contribution in [2.75, 3.05) is 6.54 Å². The van der Waals surface area contributed by atoms with E-state index in [9.17, 15) is 22.4 Å². The van der Waals surface area contributed by atoms with Gasteiger partial charge in [-0.05, 0) is 47.9 Å². The van der Waals surface area contributed by atoms with Gasteiger partial charge < -0.3 is 5.32 Å². The number of rotatable bonds is 7. The summed E-state index contributed by atoms with van der Waals surface area (Å²) in [6.07, 6.45) is 0.458. The highest BCUT2D eigenvalue weighted by atomic mass is 32.2. The maximum Gasteiger partial charge on any atom is 0.271 e. The first kappa shape index (κ1) is 21.3. The van der Waals surface area contributed by atoms with Crippen LogP contribution in [0.2, 0.25) is 0 Å². The van der Waals surface area contributed by atoms with Crippen LogP contribution < -0.4 is 16.0 Å². The lowest BCUT2D eigenvalue weighted by Gasteiger charge is -2.08. The molecule has 0 saturated heterocycles. The van der Waals surface area contributed by atoms with Gasteiger partial charge in [0.05, 0.1) is 11.4 Å².